The van der Waals surface area contributed by atoms with Crippen molar-refractivity contribution in [3.05, 3.63) is 28.6 Å². The Kier molecular flexibility index (Phi) is 3.08. The molecule has 1 aromatic heterocycles. The van der Waals surface area contributed by atoms with Crippen LogP contribution in [-0.2, 0) is 0 Å². The number of aliphatic hydroxyl groups is 1. The Morgan fingerprint density at radius 3 is 3.00 bits per heavy atom. The van der Waals surface area contributed by atoms with Gasteiger partial charge in [0, 0.05) is 0 Å². The summed E-state index contributed by atoms with van der Waals surface area (Å²) < 4.78 is 6.35. The van der Waals surface area contributed by atoms with Gasteiger partial charge in [0.2, 0.25) is 0 Å². The summed E-state index contributed by atoms with van der Waals surface area (Å²) in [6.07, 6.45) is 7.32. The first-order chi connectivity index (χ1) is 6.77. The largest absolute Gasteiger partial charge is 0.463 e. The van der Waals surface area contributed by atoms with Gasteiger partial charge in [0.05, 0.1) is 16.8 Å². The lowest BCUT2D eigenvalue weighted by molar-refractivity contribution is 0.211. The maximum atomic E-state index is 9.62. The molecule has 1 N–H and O–H groups in total. The molecule has 1 heterocycles. The van der Waals surface area contributed by atoms with Crippen LogP contribution in [0.15, 0.2) is 27.3 Å². The molecule has 14 heavy (non-hydrogen) atoms. The maximum Gasteiger partial charge on any atom is 0.143 e. The van der Waals surface area contributed by atoms with Crippen molar-refractivity contribution in [2.75, 3.05) is 0 Å². The summed E-state index contributed by atoms with van der Waals surface area (Å²) in [6, 6.07) is 1.88. The van der Waals surface area contributed by atoms with E-state index < -0.39 is 0 Å². The molecule has 0 saturated carbocycles. The molecule has 2 nitrogen and oxygen atoms in total. The summed E-state index contributed by atoms with van der Waals surface area (Å²) >= 11 is 3.43. The smallest absolute Gasteiger partial charge is 0.143 e. The van der Waals surface area contributed by atoms with E-state index >= 15 is 0 Å². The summed E-state index contributed by atoms with van der Waals surface area (Å²) in [7, 11) is 0. The van der Waals surface area contributed by atoms with E-state index in [2.05, 4.69) is 15.9 Å². The van der Waals surface area contributed by atoms with Crippen LogP contribution in [-0.4, -0.2) is 11.2 Å². The quantitative estimate of drug-likeness (QED) is 0.836. The Morgan fingerprint density at radius 2 is 2.29 bits per heavy atom. The molecule has 0 bridgehead atoms. The average molecular weight is 257 g/mol. The Hall–Kier alpha value is -0.540. The van der Waals surface area contributed by atoms with E-state index in [0.29, 0.717) is 0 Å². The number of hydrogen-bond acceptors (Lipinski definition) is 2. The minimum atomic E-state index is -0.315. The molecule has 0 amide bonds. The zero-order valence-electron chi connectivity index (χ0n) is 7.87. The average Bonchev–Trinajstić information content (AvgIpc) is 2.45. The Labute approximate surface area is 91.7 Å². The first-order valence-corrected chi connectivity index (χ1v) is 5.69. The molecule has 0 radical (unpaired) electrons. The molecule has 1 atom stereocenters. The van der Waals surface area contributed by atoms with Crippen molar-refractivity contribution >= 4 is 21.5 Å². The molecule has 0 aromatic carbocycles. The van der Waals surface area contributed by atoms with Gasteiger partial charge in [0.15, 0.2) is 0 Å². The van der Waals surface area contributed by atoms with Crippen LogP contribution in [0, 0.1) is 0 Å². The zero-order chi connectivity index (χ0) is 9.97. The van der Waals surface area contributed by atoms with Gasteiger partial charge in [-0.2, -0.15) is 0 Å². The number of halogens is 1. The monoisotopic (exact) mass is 256 g/mol. The number of furan rings is 1. The predicted octanol–water partition coefficient (Wildman–Crippen LogP) is 3.36. The van der Waals surface area contributed by atoms with Gasteiger partial charge in [0.25, 0.3) is 0 Å². The third-order valence-electron chi connectivity index (χ3n) is 2.50. The lowest BCUT2D eigenvalue weighted by Gasteiger charge is -2.03. The second-order valence-electron chi connectivity index (χ2n) is 3.60. The van der Waals surface area contributed by atoms with Crippen molar-refractivity contribution in [2.45, 2.75) is 31.8 Å². The molecular formula is C11H13BrO2. The van der Waals surface area contributed by atoms with Crippen LogP contribution in [0.5, 0.6) is 0 Å². The summed E-state index contributed by atoms with van der Waals surface area (Å²) in [4.78, 5) is 0. The molecule has 76 valence electrons. The van der Waals surface area contributed by atoms with Crippen molar-refractivity contribution in [3.8, 4) is 0 Å². The van der Waals surface area contributed by atoms with E-state index in [4.69, 9.17) is 4.42 Å². The van der Waals surface area contributed by atoms with E-state index in [0.717, 1.165) is 41.5 Å². The molecule has 2 rings (SSSR count). The molecular weight excluding hydrogens is 244 g/mol. The van der Waals surface area contributed by atoms with Gasteiger partial charge < -0.3 is 9.52 Å². The molecule has 1 aromatic rings. The Balaban J connectivity index is 2.28. The van der Waals surface area contributed by atoms with E-state index in [1.54, 1.807) is 6.26 Å². The minimum Gasteiger partial charge on any atom is -0.463 e. The highest BCUT2D eigenvalue weighted by Crippen LogP contribution is 2.31. The molecule has 0 spiro atoms. The first kappa shape index (κ1) is 9.99. The van der Waals surface area contributed by atoms with Gasteiger partial charge in [0.1, 0.15) is 5.76 Å². The SMILES string of the molecule is OC1C=C(c2occc2Br)CCCC1. The minimum absolute atomic E-state index is 0.315. The fourth-order valence-corrected chi connectivity index (χ4v) is 2.24. The van der Waals surface area contributed by atoms with Crippen LogP contribution in [0.2, 0.25) is 0 Å². The number of hydrogen-bond donors (Lipinski definition) is 1. The summed E-state index contributed by atoms with van der Waals surface area (Å²) in [6.45, 7) is 0. The number of rotatable bonds is 1. The molecule has 0 saturated heterocycles. The van der Waals surface area contributed by atoms with E-state index in [-0.39, 0.29) is 6.10 Å². The number of allylic oxidation sites excluding steroid dienone is 1. The van der Waals surface area contributed by atoms with Gasteiger partial charge in [-0.05, 0) is 52.9 Å². The fraction of sp³-hybridized carbons (Fsp3) is 0.455. The zero-order valence-corrected chi connectivity index (χ0v) is 9.46. The van der Waals surface area contributed by atoms with Crippen LogP contribution < -0.4 is 0 Å². The molecule has 0 fully saturated rings. The van der Waals surface area contributed by atoms with Crippen molar-refractivity contribution in [1.82, 2.24) is 0 Å². The van der Waals surface area contributed by atoms with E-state index in [1.165, 1.54) is 0 Å². The third kappa shape index (κ3) is 2.10. The van der Waals surface area contributed by atoms with Gasteiger partial charge in [-0.25, -0.2) is 0 Å². The molecule has 1 unspecified atom stereocenters. The lowest BCUT2D eigenvalue weighted by Crippen LogP contribution is -1.99. The molecule has 3 heteroatoms. The van der Waals surface area contributed by atoms with Crippen LogP contribution in [0.1, 0.15) is 31.4 Å². The number of aliphatic hydroxyl groups excluding tert-OH is 1. The molecule has 1 aliphatic rings. The lowest BCUT2D eigenvalue weighted by atomic mass is 10.1. The highest BCUT2D eigenvalue weighted by atomic mass is 79.9. The van der Waals surface area contributed by atoms with Gasteiger partial charge in [-0.1, -0.05) is 6.42 Å². The van der Waals surface area contributed by atoms with Gasteiger partial charge in [-0.15, -0.1) is 0 Å². The van der Waals surface area contributed by atoms with Crippen molar-refractivity contribution in [2.24, 2.45) is 0 Å². The summed E-state index contributed by atoms with van der Waals surface area (Å²) in [5, 5.41) is 9.62. The highest BCUT2D eigenvalue weighted by Gasteiger charge is 2.14. The van der Waals surface area contributed by atoms with E-state index in [9.17, 15) is 5.11 Å². The topological polar surface area (TPSA) is 33.4 Å². The summed E-state index contributed by atoms with van der Waals surface area (Å²) in [5.41, 5.74) is 1.12. The second kappa shape index (κ2) is 4.32. The van der Waals surface area contributed by atoms with Crippen LogP contribution in [0.3, 0.4) is 0 Å². The molecule has 1 aliphatic carbocycles. The predicted molar refractivity (Wildman–Crippen MR) is 58.9 cm³/mol. The van der Waals surface area contributed by atoms with Crippen molar-refractivity contribution in [3.63, 3.8) is 0 Å². The van der Waals surface area contributed by atoms with Crippen LogP contribution in [0.25, 0.3) is 5.57 Å². The van der Waals surface area contributed by atoms with E-state index in [1.807, 2.05) is 12.1 Å². The normalized spacial score (nSPS) is 23.0. The standard InChI is InChI=1S/C11H13BrO2/c12-10-5-6-14-11(10)8-3-1-2-4-9(13)7-8/h5-7,9,13H,1-4H2. The first-order valence-electron chi connectivity index (χ1n) is 4.89. The Bertz CT molecular complexity index is 341. The van der Waals surface area contributed by atoms with Crippen LogP contribution >= 0.6 is 15.9 Å². The van der Waals surface area contributed by atoms with Crippen LogP contribution in [0.4, 0.5) is 0 Å². The highest BCUT2D eigenvalue weighted by molar-refractivity contribution is 9.10. The van der Waals surface area contributed by atoms with Gasteiger partial charge >= 0.3 is 0 Å². The third-order valence-corrected chi connectivity index (χ3v) is 3.12. The molecule has 0 aliphatic heterocycles. The van der Waals surface area contributed by atoms with Crippen molar-refractivity contribution < 1.29 is 9.52 Å². The maximum absolute atomic E-state index is 9.62. The second-order valence-corrected chi connectivity index (χ2v) is 4.46. The van der Waals surface area contributed by atoms with Gasteiger partial charge in [-0.3, -0.25) is 0 Å². The summed E-state index contributed by atoms with van der Waals surface area (Å²) in [5.74, 6) is 0.867. The Morgan fingerprint density at radius 1 is 1.43 bits per heavy atom. The van der Waals surface area contributed by atoms with Crippen molar-refractivity contribution in [1.29, 1.82) is 0 Å². The fourth-order valence-electron chi connectivity index (χ4n) is 1.78.